The number of benzene rings is 1. The van der Waals surface area contributed by atoms with E-state index in [4.69, 9.17) is 5.73 Å². The first-order valence-corrected chi connectivity index (χ1v) is 7.79. The van der Waals surface area contributed by atoms with Crippen molar-refractivity contribution in [2.45, 2.75) is 38.0 Å². The Morgan fingerprint density at radius 2 is 1.29 bits per heavy atom. The summed E-state index contributed by atoms with van der Waals surface area (Å²) in [5.41, 5.74) is 1.01. The highest BCUT2D eigenvalue weighted by atomic mass is 32.2. The first-order chi connectivity index (χ1) is 10.4. The van der Waals surface area contributed by atoms with Crippen molar-refractivity contribution in [2.24, 2.45) is 15.5 Å². The zero-order valence-electron chi connectivity index (χ0n) is 12.7. The average molecular weight is 376 g/mol. The number of nitrogens with two attached hydrogens (primary N) is 1. The summed E-state index contributed by atoms with van der Waals surface area (Å²) in [5.74, 6) is -0.450. The molecule has 0 atom stereocenters. The molecule has 0 heterocycles. The van der Waals surface area contributed by atoms with Gasteiger partial charge in [0.25, 0.3) is 10.0 Å². The van der Waals surface area contributed by atoms with Crippen LogP contribution >= 0.6 is 0 Å². The third kappa shape index (κ3) is 4.86. The van der Waals surface area contributed by atoms with Gasteiger partial charge in [-0.2, -0.15) is 34.8 Å². The van der Waals surface area contributed by atoms with E-state index in [1.807, 2.05) is 0 Å². The summed E-state index contributed by atoms with van der Waals surface area (Å²) in [5, 5.41) is 0. The molecular weight excluding hydrogens is 362 g/mol. The molecule has 2 N–H and O–H groups in total. The van der Waals surface area contributed by atoms with Gasteiger partial charge in [-0.25, -0.2) is 0 Å². The first-order valence-electron chi connectivity index (χ1n) is 6.35. The van der Waals surface area contributed by atoms with Gasteiger partial charge < -0.3 is 5.73 Å². The van der Waals surface area contributed by atoms with Crippen LogP contribution in [0.15, 0.2) is 27.5 Å². The minimum atomic E-state index is -5.16. The summed E-state index contributed by atoms with van der Waals surface area (Å²) >= 11 is 0. The van der Waals surface area contributed by atoms with Crippen molar-refractivity contribution in [3.63, 3.8) is 0 Å². The summed E-state index contributed by atoms with van der Waals surface area (Å²) in [6.07, 6.45) is -10.3. The van der Waals surface area contributed by atoms with E-state index in [9.17, 15) is 34.8 Å². The summed E-state index contributed by atoms with van der Waals surface area (Å²) in [7, 11) is -4.85. The molecule has 0 saturated heterocycles. The maximum absolute atomic E-state index is 12.8. The Kier molecular flexibility index (Phi) is 5.01. The number of sulfonamides is 1. The molecular formula is C13H14F6N2O2S. The van der Waals surface area contributed by atoms with Crippen LogP contribution in [0.5, 0.6) is 0 Å². The van der Waals surface area contributed by atoms with Crippen LogP contribution in [0, 0.1) is 5.41 Å². The molecule has 11 heteroatoms. The van der Waals surface area contributed by atoms with Crippen LogP contribution in [-0.2, 0) is 22.4 Å². The molecule has 0 amide bonds. The quantitative estimate of drug-likeness (QED) is 0.485. The molecule has 0 aliphatic carbocycles. The van der Waals surface area contributed by atoms with Gasteiger partial charge in [0, 0.05) is 5.41 Å². The van der Waals surface area contributed by atoms with Gasteiger partial charge in [-0.15, -0.1) is 4.40 Å². The lowest BCUT2D eigenvalue weighted by atomic mass is 9.96. The lowest BCUT2D eigenvalue weighted by molar-refractivity contribution is -0.143. The second kappa shape index (κ2) is 5.94. The molecule has 1 aromatic rings. The van der Waals surface area contributed by atoms with Crippen molar-refractivity contribution >= 4 is 15.9 Å². The number of alkyl halides is 6. The molecule has 0 aliphatic heterocycles. The van der Waals surface area contributed by atoms with Crippen molar-refractivity contribution in [1.29, 1.82) is 0 Å². The van der Waals surface area contributed by atoms with Crippen LogP contribution in [-0.4, -0.2) is 14.3 Å². The van der Waals surface area contributed by atoms with E-state index in [2.05, 4.69) is 4.40 Å². The molecule has 0 aliphatic rings. The van der Waals surface area contributed by atoms with Crippen molar-refractivity contribution < 1.29 is 34.8 Å². The summed E-state index contributed by atoms with van der Waals surface area (Å²) in [6.45, 7) is 4.44. The molecule has 1 aromatic carbocycles. The van der Waals surface area contributed by atoms with Gasteiger partial charge in [0.15, 0.2) is 0 Å². The fraction of sp³-hybridized carbons (Fsp3) is 0.462. The highest BCUT2D eigenvalue weighted by Gasteiger charge is 2.38. The predicted octanol–water partition coefficient (Wildman–Crippen LogP) is 3.82. The van der Waals surface area contributed by atoms with E-state index in [0.717, 1.165) is 0 Å². The molecule has 0 spiro atoms. The molecule has 0 unspecified atom stereocenters. The maximum atomic E-state index is 12.8. The molecule has 136 valence electrons. The Bertz CT molecular complexity index is 726. The molecule has 0 radical (unpaired) electrons. The zero-order chi connectivity index (χ0) is 19.1. The van der Waals surface area contributed by atoms with Crippen LogP contribution in [0.2, 0.25) is 0 Å². The lowest BCUT2D eigenvalue weighted by Crippen LogP contribution is -2.30. The highest BCUT2D eigenvalue weighted by molar-refractivity contribution is 7.90. The van der Waals surface area contributed by atoms with E-state index in [1.165, 1.54) is 20.8 Å². The Balaban J connectivity index is 3.65. The Labute approximate surface area is 134 Å². The predicted molar refractivity (Wildman–Crippen MR) is 74.7 cm³/mol. The standard InChI is InChI=1S/C13H14F6N2O2S/c1-11(2,3)10(20)21-24(22,23)9-5-7(12(14,15)16)4-8(6-9)13(17,18)19/h4-6H,1-3H3,(H2,20,21). The largest absolute Gasteiger partial charge is 0.416 e. The van der Waals surface area contributed by atoms with Crippen LogP contribution in [0.3, 0.4) is 0 Å². The van der Waals surface area contributed by atoms with Gasteiger partial charge >= 0.3 is 12.4 Å². The first kappa shape index (κ1) is 20.3. The highest BCUT2D eigenvalue weighted by Crippen LogP contribution is 2.37. The van der Waals surface area contributed by atoms with Gasteiger partial charge in [0.05, 0.1) is 16.0 Å². The summed E-state index contributed by atoms with van der Waals surface area (Å²) in [4.78, 5) is -1.24. The van der Waals surface area contributed by atoms with Crippen LogP contribution in [0.25, 0.3) is 0 Å². The smallest absolute Gasteiger partial charge is 0.386 e. The van der Waals surface area contributed by atoms with E-state index < -0.39 is 49.6 Å². The van der Waals surface area contributed by atoms with E-state index >= 15 is 0 Å². The monoisotopic (exact) mass is 376 g/mol. The SMILES string of the molecule is CC(C)(C)/C(N)=N/S(=O)(=O)c1cc(C(F)(F)F)cc(C(F)(F)F)c1. The third-order valence-electron chi connectivity index (χ3n) is 2.85. The van der Waals surface area contributed by atoms with Crippen molar-refractivity contribution in [3.05, 3.63) is 29.3 Å². The summed E-state index contributed by atoms with van der Waals surface area (Å²) < 4.78 is 104. The second-order valence-electron chi connectivity index (χ2n) is 5.94. The van der Waals surface area contributed by atoms with Gasteiger partial charge in [0.2, 0.25) is 0 Å². The number of hydrogen-bond donors (Lipinski definition) is 1. The minimum Gasteiger partial charge on any atom is -0.386 e. The van der Waals surface area contributed by atoms with Crippen molar-refractivity contribution in [3.8, 4) is 0 Å². The molecule has 0 fully saturated rings. The molecule has 0 saturated carbocycles. The topological polar surface area (TPSA) is 72.5 Å². The molecule has 24 heavy (non-hydrogen) atoms. The number of hydrogen-bond acceptors (Lipinski definition) is 2. The van der Waals surface area contributed by atoms with E-state index in [0.29, 0.717) is 0 Å². The zero-order valence-corrected chi connectivity index (χ0v) is 13.6. The molecule has 0 bridgehead atoms. The van der Waals surface area contributed by atoms with Gasteiger partial charge in [-0.1, -0.05) is 20.8 Å². The van der Waals surface area contributed by atoms with Crippen LogP contribution < -0.4 is 5.73 Å². The Morgan fingerprint density at radius 3 is 1.58 bits per heavy atom. The fourth-order valence-corrected chi connectivity index (χ4v) is 2.58. The van der Waals surface area contributed by atoms with Crippen LogP contribution in [0.4, 0.5) is 26.3 Å². The minimum absolute atomic E-state index is 0.0873. The van der Waals surface area contributed by atoms with Gasteiger partial charge in [-0.3, -0.25) is 0 Å². The normalized spacial score (nSPS) is 14.8. The number of rotatable bonds is 2. The third-order valence-corrected chi connectivity index (χ3v) is 4.11. The average Bonchev–Trinajstić information content (AvgIpc) is 2.34. The number of amidine groups is 1. The molecule has 0 aromatic heterocycles. The maximum Gasteiger partial charge on any atom is 0.416 e. The van der Waals surface area contributed by atoms with Gasteiger partial charge in [0.1, 0.15) is 5.84 Å². The second-order valence-corrected chi connectivity index (χ2v) is 7.55. The van der Waals surface area contributed by atoms with Crippen molar-refractivity contribution in [1.82, 2.24) is 0 Å². The summed E-state index contributed by atoms with van der Waals surface area (Å²) in [6, 6.07) is 0.00385. The Morgan fingerprint density at radius 1 is 0.917 bits per heavy atom. The molecule has 4 nitrogen and oxygen atoms in total. The van der Waals surface area contributed by atoms with Crippen LogP contribution in [0.1, 0.15) is 31.9 Å². The van der Waals surface area contributed by atoms with E-state index in [-0.39, 0.29) is 18.2 Å². The Hall–Kier alpha value is -1.78. The van der Waals surface area contributed by atoms with Crippen molar-refractivity contribution in [2.75, 3.05) is 0 Å². The number of nitrogens with zero attached hydrogens (tertiary/aromatic N) is 1. The van der Waals surface area contributed by atoms with Gasteiger partial charge in [-0.05, 0) is 18.2 Å². The lowest BCUT2D eigenvalue weighted by Gasteiger charge is -2.17. The molecule has 1 rings (SSSR count). The van der Waals surface area contributed by atoms with E-state index in [1.54, 1.807) is 0 Å². The fourth-order valence-electron chi connectivity index (χ4n) is 1.39. The number of halogens is 6.